The van der Waals surface area contributed by atoms with Crippen LogP contribution in [0.2, 0.25) is 0 Å². The zero-order valence-electron chi connectivity index (χ0n) is 11.5. The van der Waals surface area contributed by atoms with Crippen LogP contribution in [0.1, 0.15) is 16.7 Å². The summed E-state index contributed by atoms with van der Waals surface area (Å²) < 4.78 is 5.75. The van der Waals surface area contributed by atoms with E-state index in [1.807, 2.05) is 30.6 Å². The Hall–Kier alpha value is -1.87. The highest BCUT2D eigenvalue weighted by molar-refractivity contribution is 5.35. The fourth-order valence-corrected chi connectivity index (χ4v) is 1.93. The highest BCUT2D eigenvalue weighted by Crippen LogP contribution is 2.18. The molecule has 0 saturated heterocycles. The fraction of sp³-hybridized carbons (Fsp3) is 0.312. The zero-order chi connectivity index (χ0) is 13.5. The second kappa shape index (κ2) is 6.90. The number of hydrogen-bond donors (Lipinski definition) is 1. The standard InChI is InChI=1S/C16H20N2O/c1-13-3-4-16(14(2)11-13)19-10-9-18-12-15-5-7-17-8-6-15/h3-8,11,18H,9-10,12H2,1-2H3. The largest absolute Gasteiger partial charge is 0.492 e. The lowest BCUT2D eigenvalue weighted by Gasteiger charge is -2.10. The van der Waals surface area contributed by atoms with Crippen molar-refractivity contribution in [2.45, 2.75) is 20.4 Å². The van der Waals surface area contributed by atoms with Crippen LogP contribution in [0.5, 0.6) is 5.75 Å². The van der Waals surface area contributed by atoms with Gasteiger partial charge < -0.3 is 10.1 Å². The zero-order valence-corrected chi connectivity index (χ0v) is 11.5. The second-order valence-corrected chi connectivity index (χ2v) is 4.65. The van der Waals surface area contributed by atoms with Crippen molar-refractivity contribution >= 4 is 0 Å². The van der Waals surface area contributed by atoms with E-state index >= 15 is 0 Å². The Kier molecular flexibility index (Phi) is 4.93. The van der Waals surface area contributed by atoms with Crippen LogP contribution in [-0.4, -0.2) is 18.1 Å². The highest BCUT2D eigenvalue weighted by atomic mass is 16.5. The number of hydrogen-bond acceptors (Lipinski definition) is 3. The Balaban J connectivity index is 1.69. The first-order valence-electron chi connectivity index (χ1n) is 6.55. The van der Waals surface area contributed by atoms with Crippen LogP contribution < -0.4 is 10.1 Å². The minimum atomic E-state index is 0.676. The van der Waals surface area contributed by atoms with E-state index in [9.17, 15) is 0 Å². The molecule has 2 rings (SSSR count). The molecule has 0 amide bonds. The number of nitrogens with one attached hydrogen (secondary N) is 1. The van der Waals surface area contributed by atoms with Crippen molar-refractivity contribution < 1.29 is 4.74 Å². The van der Waals surface area contributed by atoms with Crippen LogP contribution in [0.15, 0.2) is 42.7 Å². The van der Waals surface area contributed by atoms with Crippen molar-refractivity contribution in [3.63, 3.8) is 0 Å². The van der Waals surface area contributed by atoms with Gasteiger partial charge in [-0.3, -0.25) is 4.98 Å². The van der Waals surface area contributed by atoms with Gasteiger partial charge in [0.15, 0.2) is 0 Å². The summed E-state index contributed by atoms with van der Waals surface area (Å²) in [5.41, 5.74) is 3.69. The van der Waals surface area contributed by atoms with Crippen LogP contribution in [0.25, 0.3) is 0 Å². The molecule has 3 nitrogen and oxygen atoms in total. The predicted octanol–water partition coefficient (Wildman–Crippen LogP) is 2.87. The quantitative estimate of drug-likeness (QED) is 0.807. The van der Waals surface area contributed by atoms with Crippen molar-refractivity contribution in [3.8, 4) is 5.75 Å². The van der Waals surface area contributed by atoms with Crippen LogP contribution in [0.4, 0.5) is 0 Å². The summed E-state index contributed by atoms with van der Waals surface area (Å²) in [5.74, 6) is 0.969. The molecule has 0 saturated carbocycles. The molecule has 0 atom stereocenters. The minimum absolute atomic E-state index is 0.676. The van der Waals surface area contributed by atoms with Gasteiger partial charge in [-0.15, -0.1) is 0 Å². The molecule has 0 bridgehead atoms. The molecule has 0 aliphatic carbocycles. The summed E-state index contributed by atoms with van der Waals surface area (Å²) in [6.45, 7) is 6.52. The van der Waals surface area contributed by atoms with E-state index in [2.05, 4.69) is 36.3 Å². The number of nitrogens with zero attached hydrogens (tertiary/aromatic N) is 1. The van der Waals surface area contributed by atoms with Gasteiger partial charge in [0, 0.05) is 25.5 Å². The molecule has 3 heteroatoms. The number of benzene rings is 1. The minimum Gasteiger partial charge on any atom is -0.492 e. The van der Waals surface area contributed by atoms with Crippen LogP contribution in [-0.2, 0) is 6.54 Å². The molecule has 2 aromatic rings. The predicted molar refractivity (Wildman–Crippen MR) is 77.4 cm³/mol. The molecule has 1 aromatic heterocycles. The molecule has 0 spiro atoms. The summed E-state index contributed by atoms with van der Waals surface area (Å²) in [5, 5.41) is 3.35. The Morgan fingerprint density at radius 1 is 1.11 bits per heavy atom. The molecule has 0 aliphatic rings. The third-order valence-electron chi connectivity index (χ3n) is 2.95. The molecule has 0 radical (unpaired) electrons. The van der Waals surface area contributed by atoms with Gasteiger partial charge in [-0.25, -0.2) is 0 Å². The second-order valence-electron chi connectivity index (χ2n) is 4.65. The normalized spacial score (nSPS) is 10.4. The average Bonchev–Trinajstić information content (AvgIpc) is 2.42. The van der Waals surface area contributed by atoms with Crippen molar-refractivity contribution in [1.82, 2.24) is 10.3 Å². The Morgan fingerprint density at radius 3 is 2.63 bits per heavy atom. The molecular weight excluding hydrogens is 236 g/mol. The van der Waals surface area contributed by atoms with E-state index in [-0.39, 0.29) is 0 Å². The maximum absolute atomic E-state index is 5.75. The molecule has 1 N–H and O–H groups in total. The smallest absolute Gasteiger partial charge is 0.122 e. The van der Waals surface area contributed by atoms with Crippen LogP contribution in [0, 0.1) is 13.8 Å². The third kappa shape index (κ3) is 4.38. The first-order chi connectivity index (χ1) is 9.25. The maximum Gasteiger partial charge on any atom is 0.122 e. The summed E-state index contributed by atoms with van der Waals surface area (Å²) >= 11 is 0. The highest BCUT2D eigenvalue weighted by Gasteiger charge is 1.99. The maximum atomic E-state index is 5.75. The van der Waals surface area contributed by atoms with Crippen molar-refractivity contribution in [2.24, 2.45) is 0 Å². The molecular formula is C16H20N2O. The molecule has 0 aliphatic heterocycles. The summed E-state index contributed by atoms with van der Waals surface area (Å²) in [6.07, 6.45) is 3.62. The molecule has 19 heavy (non-hydrogen) atoms. The average molecular weight is 256 g/mol. The number of ether oxygens (including phenoxy) is 1. The van der Waals surface area contributed by atoms with Crippen LogP contribution >= 0.6 is 0 Å². The van der Waals surface area contributed by atoms with E-state index in [0.29, 0.717) is 6.61 Å². The summed E-state index contributed by atoms with van der Waals surface area (Å²) in [4.78, 5) is 3.99. The van der Waals surface area contributed by atoms with Gasteiger partial charge in [0.2, 0.25) is 0 Å². The lowest BCUT2D eigenvalue weighted by molar-refractivity contribution is 0.311. The number of aryl methyl sites for hydroxylation is 2. The molecule has 0 unspecified atom stereocenters. The molecule has 1 aromatic carbocycles. The van der Waals surface area contributed by atoms with E-state index in [0.717, 1.165) is 18.8 Å². The fourth-order valence-electron chi connectivity index (χ4n) is 1.93. The topological polar surface area (TPSA) is 34.1 Å². The van der Waals surface area contributed by atoms with Gasteiger partial charge >= 0.3 is 0 Å². The van der Waals surface area contributed by atoms with Gasteiger partial charge in [-0.2, -0.15) is 0 Å². The molecule has 0 fully saturated rings. The first-order valence-corrected chi connectivity index (χ1v) is 6.55. The first kappa shape index (κ1) is 13.6. The van der Waals surface area contributed by atoms with Gasteiger partial charge in [0.25, 0.3) is 0 Å². The van der Waals surface area contributed by atoms with E-state index in [1.54, 1.807) is 0 Å². The lowest BCUT2D eigenvalue weighted by atomic mass is 10.1. The van der Waals surface area contributed by atoms with Crippen molar-refractivity contribution in [1.29, 1.82) is 0 Å². The van der Waals surface area contributed by atoms with Gasteiger partial charge in [0.1, 0.15) is 12.4 Å². The summed E-state index contributed by atoms with van der Waals surface area (Å²) in [7, 11) is 0. The van der Waals surface area contributed by atoms with Crippen molar-refractivity contribution in [3.05, 3.63) is 59.4 Å². The lowest BCUT2D eigenvalue weighted by Crippen LogP contribution is -2.20. The Morgan fingerprint density at radius 2 is 1.89 bits per heavy atom. The molecule has 100 valence electrons. The number of rotatable bonds is 6. The summed E-state index contributed by atoms with van der Waals surface area (Å²) in [6, 6.07) is 10.3. The Labute approximate surface area is 114 Å². The van der Waals surface area contributed by atoms with Gasteiger partial charge in [0.05, 0.1) is 0 Å². The van der Waals surface area contributed by atoms with Crippen LogP contribution in [0.3, 0.4) is 0 Å². The third-order valence-corrected chi connectivity index (χ3v) is 2.95. The Bertz CT molecular complexity index is 511. The van der Waals surface area contributed by atoms with E-state index < -0.39 is 0 Å². The number of pyridine rings is 1. The van der Waals surface area contributed by atoms with E-state index in [1.165, 1.54) is 16.7 Å². The molecule has 1 heterocycles. The van der Waals surface area contributed by atoms with Gasteiger partial charge in [-0.1, -0.05) is 17.7 Å². The SMILES string of the molecule is Cc1ccc(OCCNCc2ccncc2)c(C)c1. The monoisotopic (exact) mass is 256 g/mol. The van der Waals surface area contributed by atoms with E-state index in [4.69, 9.17) is 4.74 Å². The number of aromatic nitrogens is 1. The van der Waals surface area contributed by atoms with Gasteiger partial charge in [-0.05, 0) is 43.2 Å². The van der Waals surface area contributed by atoms with Crippen molar-refractivity contribution in [2.75, 3.05) is 13.2 Å².